The number of cyclic esters (lactones) is 1. The molecule has 0 bridgehead atoms. The molecule has 1 aliphatic rings. The predicted molar refractivity (Wildman–Crippen MR) is 104 cm³/mol. The van der Waals surface area contributed by atoms with E-state index in [1.807, 2.05) is 19.1 Å². The number of methoxy groups -OCH3 is 4. The first-order valence-corrected chi connectivity index (χ1v) is 8.49. The molecule has 0 fully saturated rings. The Labute approximate surface area is 163 Å². The van der Waals surface area contributed by atoms with Gasteiger partial charge in [0.1, 0.15) is 5.75 Å². The second-order valence-electron chi connectivity index (χ2n) is 5.95. The van der Waals surface area contributed by atoms with Gasteiger partial charge in [-0.05, 0) is 42.3 Å². The molecule has 0 amide bonds. The van der Waals surface area contributed by atoms with Gasteiger partial charge in [-0.15, -0.1) is 0 Å². The molecular weight excluding hydrogens is 362 g/mol. The number of hydrogen-bond acceptors (Lipinski definition) is 7. The highest BCUT2D eigenvalue weighted by Gasteiger charge is 2.27. The van der Waals surface area contributed by atoms with Gasteiger partial charge in [-0.3, -0.25) is 0 Å². The minimum Gasteiger partial charge on any atom is -0.496 e. The van der Waals surface area contributed by atoms with E-state index < -0.39 is 5.97 Å². The fourth-order valence-corrected chi connectivity index (χ4v) is 2.96. The molecule has 0 atom stereocenters. The SMILES string of the molecule is COc1cc(/C=C2\N=C(c3cccc(C)c3OC)OC2=O)cc(OC)c1OC. The van der Waals surface area contributed by atoms with Gasteiger partial charge in [0.25, 0.3) is 0 Å². The number of para-hydroxylation sites is 1. The molecule has 2 aromatic carbocycles. The Bertz CT molecular complexity index is 952. The lowest BCUT2D eigenvalue weighted by molar-refractivity contribution is -0.129. The molecule has 0 saturated heterocycles. The van der Waals surface area contributed by atoms with E-state index in [0.29, 0.717) is 34.1 Å². The summed E-state index contributed by atoms with van der Waals surface area (Å²) in [4.78, 5) is 16.7. The van der Waals surface area contributed by atoms with Crippen molar-refractivity contribution in [2.45, 2.75) is 6.92 Å². The Kier molecular flexibility index (Phi) is 5.54. The van der Waals surface area contributed by atoms with E-state index in [1.165, 1.54) is 21.3 Å². The van der Waals surface area contributed by atoms with Crippen LogP contribution in [0.5, 0.6) is 23.0 Å². The summed E-state index contributed by atoms with van der Waals surface area (Å²) >= 11 is 0. The van der Waals surface area contributed by atoms with Crippen molar-refractivity contribution in [1.82, 2.24) is 0 Å². The summed E-state index contributed by atoms with van der Waals surface area (Å²) in [5.41, 5.74) is 2.35. The number of nitrogens with zero attached hydrogens (tertiary/aromatic N) is 1. The second-order valence-corrected chi connectivity index (χ2v) is 5.95. The second kappa shape index (κ2) is 8.04. The normalized spacial score (nSPS) is 14.5. The van der Waals surface area contributed by atoms with Crippen LogP contribution < -0.4 is 18.9 Å². The summed E-state index contributed by atoms with van der Waals surface area (Å²) in [6, 6.07) is 9.00. The first kappa shape index (κ1) is 19.3. The Morgan fingerprint density at radius 1 is 0.929 bits per heavy atom. The summed E-state index contributed by atoms with van der Waals surface area (Å²) in [5.74, 6) is 1.68. The molecule has 3 rings (SSSR count). The van der Waals surface area contributed by atoms with Crippen LogP contribution in [-0.4, -0.2) is 40.3 Å². The molecular formula is C21H21NO6. The van der Waals surface area contributed by atoms with Gasteiger partial charge in [0.15, 0.2) is 17.2 Å². The van der Waals surface area contributed by atoms with Crippen molar-refractivity contribution in [3.8, 4) is 23.0 Å². The van der Waals surface area contributed by atoms with E-state index in [2.05, 4.69) is 4.99 Å². The van der Waals surface area contributed by atoms with Crippen LogP contribution >= 0.6 is 0 Å². The molecule has 0 saturated carbocycles. The summed E-state index contributed by atoms with van der Waals surface area (Å²) in [6.07, 6.45) is 1.60. The van der Waals surface area contributed by atoms with Crippen LogP contribution in [0, 0.1) is 6.92 Å². The third-order valence-electron chi connectivity index (χ3n) is 4.26. The molecule has 0 spiro atoms. The predicted octanol–water partition coefficient (Wildman–Crippen LogP) is 3.37. The Balaban J connectivity index is 2.04. The number of aliphatic imine (C=N–C) groups is 1. The van der Waals surface area contributed by atoms with E-state index in [9.17, 15) is 4.79 Å². The quantitative estimate of drug-likeness (QED) is 0.562. The molecule has 0 radical (unpaired) electrons. The van der Waals surface area contributed by atoms with E-state index >= 15 is 0 Å². The molecule has 28 heavy (non-hydrogen) atoms. The van der Waals surface area contributed by atoms with E-state index in [-0.39, 0.29) is 11.6 Å². The lowest BCUT2D eigenvalue weighted by Crippen LogP contribution is -2.07. The van der Waals surface area contributed by atoms with Gasteiger partial charge in [0.05, 0.1) is 34.0 Å². The van der Waals surface area contributed by atoms with Gasteiger partial charge in [-0.2, -0.15) is 0 Å². The average Bonchev–Trinajstić information content (AvgIpc) is 3.07. The number of carbonyl (C=O) groups excluding carboxylic acids is 1. The van der Waals surface area contributed by atoms with Gasteiger partial charge in [0, 0.05) is 0 Å². The molecule has 0 N–H and O–H groups in total. The van der Waals surface area contributed by atoms with Crippen molar-refractivity contribution >= 4 is 17.9 Å². The zero-order valence-electron chi connectivity index (χ0n) is 16.4. The topological polar surface area (TPSA) is 75.6 Å². The Morgan fingerprint density at radius 3 is 2.14 bits per heavy atom. The van der Waals surface area contributed by atoms with Crippen LogP contribution in [0.25, 0.3) is 6.08 Å². The zero-order valence-corrected chi connectivity index (χ0v) is 16.4. The minimum absolute atomic E-state index is 0.160. The highest BCUT2D eigenvalue weighted by atomic mass is 16.6. The first-order valence-electron chi connectivity index (χ1n) is 8.49. The number of benzene rings is 2. The summed E-state index contributed by atoms with van der Waals surface area (Å²) in [7, 11) is 6.14. The number of rotatable bonds is 6. The smallest absolute Gasteiger partial charge is 0.363 e. The van der Waals surface area contributed by atoms with E-state index in [0.717, 1.165) is 5.56 Å². The maximum Gasteiger partial charge on any atom is 0.363 e. The molecule has 0 unspecified atom stereocenters. The molecule has 0 aromatic heterocycles. The maximum absolute atomic E-state index is 12.3. The average molecular weight is 383 g/mol. The molecule has 146 valence electrons. The summed E-state index contributed by atoms with van der Waals surface area (Å²) in [5, 5.41) is 0. The third kappa shape index (κ3) is 3.51. The molecule has 1 aliphatic heterocycles. The molecule has 7 nitrogen and oxygen atoms in total. The Hall–Kier alpha value is -3.48. The van der Waals surface area contributed by atoms with Gasteiger partial charge in [-0.25, -0.2) is 9.79 Å². The van der Waals surface area contributed by atoms with Crippen LogP contribution in [0.4, 0.5) is 0 Å². The summed E-state index contributed by atoms with van der Waals surface area (Å²) < 4.78 is 26.8. The number of hydrogen-bond donors (Lipinski definition) is 0. The van der Waals surface area contributed by atoms with Crippen molar-refractivity contribution < 1.29 is 28.5 Å². The standard InChI is InChI=1S/C21H21NO6/c1-12-7-6-8-14(18(12)26-4)20-22-15(21(23)28-20)9-13-10-16(24-2)19(27-5)17(11-13)25-3/h6-11H,1-5H3/b15-9-. The third-order valence-corrected chi connectivity index (χ3v) is 4.26. The van der Waals surface area contributed by atoms with Crippen LogP contribution in [0.3, 0.4) is 0 Å². The van der Waals surface area contributed by atoms with Crippen molar-refractivity contribution in [3.63, 3.8) is 0 Å². The molecule has 7 heteroatoms. The molecule has 1 heterocycles. The minimum atomic E-state index is -0.549. The van der Waals surface area contributed by atoms with Crippen LogP contribution in [0.2, 0.25) is 0 Å². The maximum atomic E-state index is 12.3. The number of aryl methyl sites for hydroxylation is 1. The van der Waals surface area contributed by atoms with Gasteiger partial charge in [-0.1, -0.05) is 12.1 Å². The molecule has 0 aliphatic carbocycles. The van der Waals surface area contributed by atoms with E-state index in [1.54, 1.807) is 31.4 Å². The van der Waals surface area contributed by atoms with Gasteiger partial charge < -0.3 is 23.7 Å². The highest BCUT2D eigenvalue weighted by Crippen LogP contribution is 2.39. The lowest BCUT2D eigenvalue weighted by atomic mass is 10.1. The zero-order chi connectivity index (χ0) is 20.3. The molecule has 2 aromatic rings. The lowest BCUT2D eigenvalue weighted by Gasteiger charge is -2.12. The number of ether oxygens (including phenoxy) is 5. The highest BCUT2D eigenvalue weighted by molar-refractivity contribution is 6.14. The Morgan fingerprint density at radius 2 is 1.57 bits per heavy atom. The van der Waals surface area contributed by atoms with Crippen LogP contribution in [-0.2, 0) is 9.53 Å². The fourth-order valence-electron chi connectivity index (χ4n) is 2.96. The number of carbonyl (C=O) groups is 1. The van der Waals surface area contributed by atoms with Crippen molar-refractivity contribution in [3.05, 3.63) is 52.7 Å². The van der Waals surface area contributed by atoms with Crippen molar-refractivity contribution in [2.24, 2.45) is 4.99 Å². The van der Waals surface area contributed by atoms with Gasteiger partial charge >= 0.3 is 5.97 Å². The largest absolute Gasteiger partial charge is 0.496 e. The monoisotopic (exact) mass is 383 g/mol. The fraction of sp³-hybridized carbons (Fsp3) is 0.238. The first-order chi connectivity index (χ1) is 13.5. The van der Waals surface area contributed by atoms with Crippen LogP contribution in [0.15, 0.2) is 41.0 Å². The van der Waals surface area contributed by atoms with Crippen LogP contribution in [0.1, 0.15) is 16.7 Å². The van der Waals surface area contributed by atoms with Crippen molar-refractivity contribution in [2.75, 3.05) is 28.4 Å². The summed E-state index contributed by atoms with van der Waals surface area (Å²) in [6.45, 7) is 1.91. The van der Waals surface area contributed by atoms with Crippen molar-refractivity contribution in [1.29, 1.82) is 0 Å². The van der Waals surface area contributed by atoms with Gasteiger partial charge in [0.2, 0.25) is 11.6 Å². The van der Waals surface area contributed by atoms with E-state index in [4.69, 9.17) is 23.7 Å². The number of esters is 1.